The number of ether oxygens (including phenoxy) is 1. The van der Waals surface area contributed by atoms with Crippen LogP contribution in [-0.4, -0.2) is 55.4 Å². The molecule has 0 aromatic heterocycles. The molecule has 2 saturated heterocycles. The largest absolute Gasteiger partial charge is 0.376 e. The van der Waals surface area contributed by atoms with Gasteiger partial charge in [0.05, 0.1) is 12.1 Å². The van der Waals surface area contributed by atoms with Gasteiger partial charge in [0.25, 0.3) is 0 Å². The summed E-state index contributed by atoms with van der Waals surface area (Å²) >= 11 is 0. The standard InChI is InChI=1S/C15H29N3O2/c1-3-13(14-6-5-11-20-14)17-15(19)16-12-7-9-18(4-2)10-8-12/h12-14H,3-11H2,1-2H3,(H2,16,17,19). The molecule has 2 rings (SSSR count). The Hall–Kier alpha value is -0.810. The molecule has 0 aliphatic carbocycles. The Kier molecular flexibility index (Phi) is 6.10. The number of amides is 2. The van der Waals surface area contributed by atoms with Crippen LogP contribution < -0.4 is 10.6 Å². The van der Waals surface area contributed by atoms with Crippen molar-refractivity contribution in [3.8, 4) is 0 Å². The van der Waals surface area contributed by atoms with Crippen LogP contribution in [0.5, 0.6) is 0 Å². The summed E-state index contributed by atoms with van der Waals surface area (Å²) in [6.07, 6.45) is 5.41. The van der Waals surface area contributed by atoms with E-state index < -0.39 is 0 Å². The van der Waals surface area contributed by atoms with Crippen molar-refractivity contribution in [1.82, 2.24) is 15.5 Å². The molecule has 0 saturated carbocycles. The van der Waals surface area contributed by atoms with E-state index in [4.69, 9.17) is 4.74 Å². The number of urea groups is 1. The summed E-state index contributed by atoms with van der Waals surface area (Å²) in [7, 11) is 0. The highest BCUT2D eigenvalue weighted by molar-refractivity contribution is 5.74. The minimum Gasteiger partial charge on any atom is -0.376 e. The number of rotatable bonds is 5. The summed E-state index contributed by atoms with van der Waals surface area (Å²) in [5.41, 5.74) is 0. The molecule has 0 aromatic rings. The van der Waals surface area contributed by atoms with Crippen molar-refractivity contribution >= 4 is 6.03 Å². The Morgan fingerprint density at radius 3 is 2.60 bits per heavy atom. The topological polar surface area (TPSA) is 53.6 Å². The highest BCUT2D eigenvalue weighted by atomic mass is 16.5. The van der Waals surface area contributed by atoms with E-state index in [-0.39, 0.29) is 18.2 Å². The lowest BCUT2D eigenvalue weighted by atomic mass is 10.0. The lowest BCUT2D eigenvalue weighted by molar-refractivity contribution is 0.0792. The van der Waals surface area contributed by atoms with Crippen molar-refractivity contribution < 1.29 is 9.53 Å². The van der Waals surface area contributed by atoms with Gasteiger partial charge < -0.3 is 20.3 Å². The van der Waals surface area contributed by atoms with Crippen molar-refractivity contribution in [2.24, 2.45) is 0 Å². The zero-order chi connectivity index (χ0) is 14.4. The minimum absolute atomic E-state index is 0.0256. The lowest BCUT2D eigenvalue weighted by Gasteiger charge is -2.32. The van der Waals surface area contributed by atoms with Crippen LogP contribution in [0.2, 0.25) is 0 Å². The van der Waals surface area contributed by atoms with Crippen LogP contribution in [0, 0.1) is 0 Å². The average Bonchev–Trinajstić information content (AvgIpc) is 2.99. The first-order valence-corrected chi connectivity index (χ1v) is 8.14. The molecule has 0 radical (unpaired) electrons. The van der Waals surface area contributed by atoms with Crippen molar-refractivity contribution in [1.29, 1.82) is 0 Å². The van der Waals surface area contributed by atoms with E-state index in [9.17, 15) is 4.79 Å². The molecule has 2 amide bonds. The van der Waals surface area contributed by atoms with Crippen LogP contribution in [0.4, 0.5) is 4.79 Å². The predicted molar refractivity (Wildman–Crippen MR) is 79.9 cm³/mol. The van der Waals surface area contributed by atoms with E-state index in [1.807, 2.05) is 0 Å². The van der Waals surface area contributed by atoms with Crippen molar-refractivity contribution in [3.05, 3.63) is 0 Å². The first kappa shape index (κ1) is 15.6. The summed E-state index contributed by atoms with van der Waals surface area (Å²) in [6.45, 7) is 8.41. The van der Waals surface area contributed by atoms with E-state index in [1.165, 1.54) is 0 Å². The van der Waals surface area contributed by atoms with E-state index in [1.54, 1.807) is 0 Å². The van der Waals surface area contributed by atoms with E-state index in [0.29, 0.717) is 6.04 Å². The predicted octanol–water partition coefficient (Wildman–Crippen LogP) is 1.73. The van der Waals surface area contributed by atoms with Crippen LogP contribution in [0.25, 0.3) is 0 Å². The molecule has 5 heteroatoms. The first-order valence-electron chi connectivity index (χ1n) is 8.14. The van der Waals surface area contributed by atoms with Crippen LogP contribution in [0.15, 0.2) is 0 Å². The Bertz CT molecular complexity index is 297. The van der Waals surface area contributed by atoms with Gasteiger partial charge >= 0.3 is 6.03 Å². The Balaban J connectivity index is 1.71. The lowest BCUT2D eigenvalue weighted by Crippen LogP contribution is -2.52. The van der Waals surface area contributed by atoms with E-state index in [2.05, 4.69) is 29.4 Å². The second-order valence-corrected chi connectivity index (χ2v) is 5.89. The van der Waals surface area contributed by atoms with Gasteiger partial charge in [0.2, 0.25) is 0 Å². The molecular weight excluding hydrogens is 254 g/mol. The van der Waals surface area contributed by atoms with E-state index >= 15 is 0 Å². The first-order chi connectivity index (χ1) is 9.72. The van der Waals surface area contributed by atoms with Crippen LogP contribution in [0.3, 0.4) is 0 Å². The number of hydrogen-bond acceptors (Lipinski definition) is 3. The van der Waals surface area contributed by atoms with Gasteiger partial charge in [0.1, 0.15) is 0 Å². The van der Waals surface area contributed by atoms with Gasteiger partial charge in [-0.05, 0) is 38.6 Å². The maximum absolute atomic E-state index is 12.1. The normalized spacial score (nSPS) is 26.4. The van der Waals surface area contributed by atoms with Crippen molar-refractivity contribution in [3.63, 3.8) is 0 Å². The Morgan fingerprint density at radius 2 is 2.05 bits per heavy atom. The molecular formula is C15H29N3O2. The average molecular weight is 283 g/mol. The summed E-state index contributed by atoms with van der Waals surface area (Å²) < 4.78 is 5.68. The van der Waals surface area contributed by atoms with Crippen molar-refractivity contribution in [2.75, 3.05) is 26.2 Å². The highest BCUT2D eigenvalue weighted by Crippen LogP contribution is 2.17. The molecule has 20 heavy (non-hydrogen) atoms. The highest BCUT2D eigenvalue weighted by Gasteiger charge is 2.27. The third-order valence-corrected chi connectivity index (χ3v) is 4.54. The van der Waals surface area contributed by atoms with Crippen molar-refractivity contribution in [2.45, 2.75) is 64.1 Å². The number of hydrogen-bond donors (Lipinski definition) is 2. The van der Waals surface area contributed by atoms with Crippen LogP contribution >= 0.6 is 0 Å². The van der Waals surface area contributed by atoms with E-state index in [0.717, 1.165) is 58.3 Å². The summed E-state index contributed by atoms with van der Waals surface area (Å²) in [6, 6.07) is 0.440. The molecule has 2 fully saturated rings. The second kappa shape index (κ2) is 7.84. The third kappa shape index (κ3) is 4.35. The molecule has 5 nitrogen and oxygen atoms in total. The SMILES string of the molecule is CCC(NC(=O)NC1CCN(CC)CC1)C1CCCO1. The van der Waals surface area contributed by atoms with Crippen LogP contribution in [0.1, 0.15) is 46.0 Å². The number of carbonyl (C=O) groups excluding carboxylic acids is 1. The maximum Gasteiger partial charge on any atom is 0.315 e. The third-order valence-electron chi connectivity index (χ3n) is 4.54. The molecule has 0 bridgehead atoms. The second-order valence-electron chi connectivity index (χ2n) is 5.89. The zero-order valence-corrected chi connectivity index (χ0v) is 12.9. The maximum atomic E-state index is 12.1. The molecule has 2 unspecified atom stereocenters. The summed E-state index contributed by atoms with van der Waals surface area (Å²) in [4.78, 5) is 14.5. The fourth-order valence-corrected chi connectivity index (χ4v) is 3.17. The summed E-state index contributed by atoms with van der Waals surface area (Å²) in [5, 5.41) is 6.21. The van der Waals surface area contributed by atoms with Gasteiger partial charge in [-0.25, -0.2) is 4.79 Å². The molecule has 2 heterocycles. The molecule has 116 valence electrons. The Labute approximate surface area is 122 Å². The zero-order valence-electron chi connectivity index (χ0n) is 12.9. The van der Waals surface area contributed by atoms with Gasteiger partial charge in [0, 0.05) is 25.7 Å². The van der Waals surface area contributed by atoms with Crippen LogP contribution in [-0.2, 0) is 4.74 Å². The number of nitrogens with one attached hydrogen (secondary N) is 2. The number of likely N-dealkylation sites (tertiary alicyclic amines) is 1. The quantitative estimate of drug-likeness (QED) is 0.808. The molecule has 2 aliphatic heterocycles. The molecule has 0 spiro atoms. The Morgan fingerprint density at radius 1 is 1.30 bits per heavy atom. The molecule has 2 N–H and O–H groups in total. The molecule has 2 atom stereocenters. The molecule has 2 aliphatic rings. The fraction of sp³-hybridized carbons (Fsp3) is 0.933. The number of nitrogens with zero attached hydrogens (tertiary/aromatic N) is 1. The summed E-state index contributed by atoms with van der Waals surface area (Å²) in [5.74, 6) is 0. The van der Waals surface area contributed by atoms with Gasteiger partial charge in [0.15, 0.2) is 0 Å². The monoisotopic (exact) mass is 283 g/mol. The molecule has 0 aromatic carbocycles. The minimum atomic E-state index is -0.0256. The van der Waals surface area contributed by atoms with Gasteiger partial charge in [-0.2, -0.15) is 0 Å². The fourth-order valence-electron chi connectivity index (χ4n) is 3.17. The van der Waals surface area contributed by atoms with Gasteiger partial charge in [-0.3, -0.25) is 0 Å². The van der Waals surface area contributed by atoms with Gasteiger partial charge in [-0.15, -0.1) is 0 Å². The number of piperidine rings is 1. The number of carbonyl (C=O) groups is 1. The smallest absolute Gasteiger partial charge is 0.315 e. The van der Waals surface area contributed by atoms with Gasteiger partial charge in [-0.1, -0.05) is 13.8 Å².